The lowest BCUT2D eigenvalue weighted by Gasteiger charge is -1.99. The fraction of sp³-hybridized carbons (Fsp3) is 0.167. The topological polar surface area (TPSA) is 71.2 Å². The molecule has 0 aliphatic heterocycles. The number of nitrogens with zero attached hydrogens (tertiary/aromatic N) is 1. The molecule has 2 aromatic rings. The van der Waals surface area contributed by atoms with Gasteiger partial charge in [-0.05, 0) is 35.7 Å². The van der Waals surface area contributed by atoms with Crippen LogP contribution < -0.4 is 5.73 Å². The van der Waals surface area contributed by atoms with Gasteiger partial charge in [-0.25, -0.2) is 0 Å². The number of nitrogens with one attached hydrogen (secondary N) is 1. The molecule has 0 aliphatic rings. The number of hydrogen-bond acceptors (Lipinski definition) is 3. The van der Waals surface area contributed by atoms with E-state index in [0.717, 1.165) is 28.9 Å². The fourth-order valence-corrected chi connectivity index (χ4v) is 1.69. The van der Waals surface area contributed by atoms with Gasteiger partial charge in [-0.1, -0.05) is 17.3 Å². The third-order valence-electron chi connectivity index (χ3n) is 2.40. The first-order valence-corrected chi connectivity index (χ1v) is 5.07. The van der Waals surface area contributed by atoms with E-state index in [4.69, 9.17) is 5.73 Å². The van der Waals surface area contributed by atoms with Gasteiger partial charge in [0.1, 0.15) is 6.54 Å². The number of anilines is 1. The third kappa shape index (κ3) is 2.48. The van der Waals surface area contributed by atoms with Crippen LogP contribution in [0.4, 0.5) is 5.69 Å². The van der Waals surface area contributed by atoms with E-state index in [1.807, 2.05) is 36.5 Å². The van der Waals surface area contributed by atoms with Gasteiger partial charge in [0.2, 0.25) is 0 Å². The average Bonchev–Trinajstić information content (AvgIpc) is 2.66. The van der Waals surface area contributed by atoms with E-state index < -0.39 is 0 Å². The highest BCUT2D eigenvalue weighted by atomic mass is 16.3. The molecule has 0 atom stereocenters. The zero-order valence-electron chi connectivity index (χ0n) is 8.81. The van der Waals surface area contributed by atoms with Gasteiger partial charge in [0.25, 0.3) is 0 Å². The van der Waals surface area contributed by atoms with Crippen molar-refractivity contribution in [3.63, 3.8) is 0 Å². The summed E-state index contributed by atoms with van der Waals surface area (Å²) in [6.07, 6.45) is 2.70. The number of H-pyrrole nitrogens is 1. The molecule has 16 heavy (non-hydrogen) atoms. The van der Waals surface area contributed by atoms with Gasteiger partial charge in [0.05, 0.1) is 0 Å². The molecule has 82 valence electrons. The van der Waals surface area contributed by atoms with E-state index >= 15 is 0 Å². The maximum absolute atomic E-state index is 10.1. The van der Waals surface area contributed by atoms with Crippen molar-refractivity contribution >= 4 is 5.69 Å². The zero-order chi connectivity index (χ0) is 11.4. The molecule has 1 aromatic heterocycles. The van der Waals surface area contributed by atoms with Crippen LogP contribution in [0.15, 0.2) is 41.7 Å². The zero-order valence-corrected chi connectivity index (χ0v) is 8.81. The molecule has 0 fully saturated rings. The van der Waals surface area contributed by atoms with Crippen molar-refractivity contribution in [1.29, 1.82) is 0 Å². The van der Waals surface area contributed by atoms with E-state index in [2.05, 4.69) is 10.2 Å². The Morgan fingerprint density at radius 3 is 2.88 bits per heavy atom. The van der Waals surface area contributed by atoms with Crippen molar-refractivity contribution in [2.24, 2.45) is 5.18 Å². The Bertz CT molecular complexity index is 491. The van der Waals surface area contributed by atoms with Crippen molar-refractivity contribution in [2.45, 2.75) is 13.0 Å². The van der Waals surface area contributed by atoms with Gasteiger partial charge in [0.15, 0.2) is 0 Å². The summed E-state index contributed by atoms with van der Waals surface area (Å²) in [5.74, 6) is 0. The Morgan fingerprint density at radius 2 is 2.12 bits per heavy atom. The number of hydrogen-bond donors (Lipinski definition) is 2. The summed E-state index contributed by atoms with van der Waals surface area (Å²) in [5, 5.41) is 2.84. The molecule has 0 spiro atoms. The van der Waals surface area contributed by atoms with Crippen molar-refractivity contribution in [3.8, 4) is 0 Å². The maximum atomic E-state index is 10.1. The minimum Gasteiger partial charge on any atom is -0.399 e. The second kappa shape index (κ2) is 4.61. The van der Waals surface area contributed by atoms with E-state index in [9.17, 15) is 4.91 Å². The summed E-state index contributed by atoms with van der Waals surface area (Å²) in [6.45, 7) is 0.191. The van der Waals surface area contributed by atoms with Crippen molar-refractivity contribution in [2.75, 3.05) is 5.73 Å². The molecule has 0 aliphatic carbocycles. The standard InChI is InChI=1S/C12H13N3O/c13-11-3-1-2-9(5-11)4-10-6-12(8-15-16)14-7-10/h1-3,5-7,14H,4,8,13H2. The molecule has 0 amide bonds. The first-order chi connectivity index (χ1) is 7.78. The summed E-state index contributed by atoms with van der Waals surface area (Å²) in [6, 6.07) is 9.73. The number of rotatable bonds is 4. The molecule has 0 saturated carbocycles. The lowest BCUT2D eigenvalue weighted by atomic mass is 10.1. The van der Waals surface area contributed by atoms with Crippen LogP contribution in [0.1, 0.15) is 16.8 Å². The molecule has 1 heterocycles. The summed E-state index contributed by atoms with van der Waals surface area (Å²) in [4.78, 5) is 13.1. The van der Waals surface area contributed by atoms with Crippen LogP contribution in [0, 0.1) is 4.91 Å². The van der Waals surface area contributed by atoms with Crippen molar-refractivity contribution < 1.29 is 0 Å². The van der Waals surface area contributed by atoms with Gasteiger partial charge in [-0.15, -0.1) is 0 Å². The molecule has 0 unspecified atom stereocenters. The van der Waals surface area contributed by atoms with Crippen LogP contribution in [0.3, 0.4) is 0 Å². The lowest BCUT2D eigenvalue weighted by Crippen LogP contribution is -1.89. The maximum Gasteiger partial charge on any atom is 0.121 e. The Balaban J connectivity index is 2.11. The van der Waals surface area contributed by atoms with Crippen molar-refractivity contribution in [3.05, 3.63) is 58.3 Å². The van der Waals surface area contributed by atoms with Gasteiger partial charge >= 0.3 is 0 Å². The predicted octanol–water partition coefficient (Wildman–Crippen LogP) is 2.45. The second-order valence-electron chi connectivity index (χ2n) is 3.74. The number of nitrogen functional groups attached to an aromatic ring is 1. The summed E-state index contributed by atoms with van der Waals surface area (Å²) >= 11 is 0. The first-order valence-electron chi connectivity index (χ1n) is 5.07. The molecule has 0 bridgehead atoms. The molecule has 2 rings (SSSR count). The summed E-state index contributed by atoms with van der Waals surface area (Å²) < 4.78 is 0. The summed E-state index contributed by atoms with van der Waals surface area (Å²) in [7, 11) is 0. The quantitative estimate of drug-likeness (QED) is 0.607. The molecule has 4 nitrogen and oxygen atoms in total. The Kier molecular flexibility index (Phi) is 3.00. The fourth-order valence-electron chi connectivity index (χ4n) is 1.69. The van der Waals surface area contributed by atoms with Crippen LogP contribution in [0.25, 0.3) is 0 Å². The van der Waals surface area contributed by atoms with Crippen LogP contribution in [0.5, 0.6) is 0 Å². The molecule has 4 heteroatoms. The van der Waals surface area contributed by atoms with Crippen LogP contribution in [-0.2, 0) is 13.0 Å². The van der Waals surface area contributed by atoms with Crippen LogP contribution in [0.2, 0.25) is 0 Å². The molecule has 1 aromatic carbocycles. The average molecular weight is 215 g/mol. The number of aromatic nitrogens is 1. The molecular weight excluding hydrogens is 202 g/mol. The van der Waals surface area contributed by atoms with Crippen LogP contribution in [-0.4, -0.2) is 4.98 Å². The molecule has 0 radical (unpaired) electrons. The molecule has 0 saturated heterocycles. The highest BCUT2D eigenvalue weighted by Crippen LogP contribution is 2.13. The van der Waals surface area contributed by atoms with E-state index in [0.29, 0.717) is 0 Å². The van der Waals surface area contributed by atoms with Gasteiger partial charge < -0.3 is 10.7 Å². The largest absolute Gasteiger partial charge is 0.399 e. The van der Waals surface area contributed by atoms with Gasteiger partial charge in [-0.3, -0.25) is 0 Å². The normalized spacial score (nSPS) is 10.2. The molecule has 3 N–H and O–H groups in total. The number of benzene rings is 1. The van der Waals surface area contributed by atoms with E-state index in [1.54, 1.807) is 0 Å². The monoisotopic (exact) mass is 215 g/mol. The second-order valence-corrected chi connectivity index (χ2v) is 3.74. The molecular formula is C12H13N3O. The van der Waals surface area contributed by atoms with Crippen molar-refractivity contribution in [1.82, 2.24) is 4.98 Å². The van der Waals surface area contributed by atoms with E-state index in [-0.39, 0.29) is 6.54 Å². The van der Waals surface area contributed by atoms with Gasteiger partial charge in [-0.2, -0.15) is 4.91 Å². The van der Waals surface area contributed by atoms with Crippen LogP contribution >= 0.6 is 0 Å². The lowest BCUT2D eigenvalue weighted by molar-refractivity contribution is 1.00. The van der Waals surface area contributed by atoms with Gasteiger partial charge in [0, 0.05) is 17.6 Å². The van der Waals surface area contributed by atoms with E-state index in [1.165, 1.54) is 0 Å². The highest BCUT2D eigenvalue weighted by Gasteiger charge is 2.01. The predicted molar refractivity (Wildman–Crippen MR) is 64.0 cm³/mol. The third-order valence-corrected chi connectivity index (χ3v) is 2.40. The number of aromatic amines is 1. The SMILES string of the molecule is Nc1cccc(Cc2c[nH]c(CN=O)c2)c1. The minimum atomic E-state index is 0.191. The number of nitrogens with two attached hydrogens (primary N) is 1. The highest BCUT2D eigenvalue weighted by molar-refractivity contribution is 5.42. The number of nitroso groups, excluding NO2 is 1. The minimum absolute atomic E-state index is 0.191. The Hall–Kier alpha value is -2.10. The first kappa shape index (κ1) is 10.4. The smallest absolute Gasteiger partial charge is 0.121 e. The Morgan fingerprint density at radius 1 is 1.25 bits per heavy atom. The summed E-state index contributed by atoms with van der Waals surface area (Å²) in [5.41, 5.74) is 9.60. The Labute approximate surface area is 93.5 Å².